The maximum absolute atomic E-state index is 11.7. The molecule has 2 rings (SSSR count). The Kier molecular flexibility index (Phi) is 4.25. The summed E-state index contributed by atoms with van der Waals surface area (Å²) in [6, 6.07) is 7.30. The van der Waals surface area contributed by atoms with Crippen molar-refractivity contribution in [2.75, 3.05) is 5.32 Å². The largest absolute Gasteiger partial charge is 0.347 e. The molecule has 0 bridgehead atoms. The van der Waals surface area contributed by atoms with Crippen LogP contribution in [-0.4, -0.2) is 16.8 Å². The molecule has 1 heterocycles. The molecule has 0 spiro atoms. The number of nitrogens with zero attached hydrogens (tertiary/aromatic N) is 1. The molecule has 0 radical (unpaired) electrons. The van der Waals surface area contributed by atoms with Crippen molar-refractivity contribution in [2.45, 2.75) is 13.5 Å². The quantitative estimate of drug-likeness (QED) is 0.897. The Morgan fingerprint density at radius 2 is 2.00 bits per heavy atom. The standard InChI is InChI=1S/C13H13N3O2S/c1-9(17)16-11-4-2-10(3-5-11)6-14-13(18)12-7-19-8-15-12/h2-5,7-8H,6H2,1H3,(H,14,18)(H,16,17). The summed E-state index contributed by atoms with van der Waals surface area (Å²) in [5.41, 5.74) is 3.75. The van der Waals surface area contributed by atoms with Gasteiger partial charge in [-0.3, -0.25) is 9.59 Å². The molecular weight excluding hydrogens is 262 g/mol. The highest BCUT2D eigenvalue weighted by molar-refractivity contribution is 7.07. The van der Waals surface area contributed by atoms with E-state index in [9.17, 15) is 9.59 Å². The van der Waals surface area contributed by atoms with Crippen molar-refractivity contribution in [2.24, 2.45) is 0 Å². The number of hydrogen-bond donors (Lipinski definition) is 2. The molecule has 0 unspecified atom stereocenters. The number of aromatic nitrogens is 1. The van der Waals surface area contributed by atoms with Gasteiger partial charge in [-0.1, -0.05) is 12.1 Å². The zero-order valence-corrected chi connectivity index (χ0v) is 11.2. The average Bonchev–Trinajstić information content (AvgIpc) is 2.91. The third-order valence-corrected chi connectivity index (χ3v) is 2.98. The zero-order valence-electron chi connectivity index (χ0n) is 10.3. The second kappa shape index (κ2) is 6.10. The van der Waals surface area contributed by atoms with Crippen LogP contribution in [0.3, 0.4) is 0 Å². The van der Waals surface area contributed by atoms with Crippen LogP contribution in [0.5, 0.6) is 0 Å². The highest BCUT2D eigenvalue weighted by Crippen LogP contribution is 2.09. The van der Waals surface area contributed by atoms with Gasteiger partial charge in [0.1, 0.15) is 5.69 Å². The molecule has 2 aromatic rings. The predicted molar refractivity (Wildman–Crippen MR) is 74.0 cm³/mol. The maximum atomic E-state index is 11.7. The van der Waals surface area contributed by atoms with E-state index >= 15 is 0 Å². The van der Waals surface area contributed by atoms with Crippen molar-refractivity contribution >= 4 is 28.8 Å². The second-order valence-corrected chi connectivity index (χ2v) is 4.65. The van der Waals surface area contributed by atoms with Crippen molar-refractivity contribution in [1.29, 1.82) is 0 Å². The summed E-state index contributed by atoms with van der Waals surface area (Å²) in [5, 5.41) is 7.17. The minimum atomic E-state index is -0.188. The summed E-state index contributed by atoms with van der Waals surface area (Å²) in [6.45, 7) is 1.89. The topological polar surface area (TPSA) is 71.1 Å². The van der Waals surface area contributed by atoms with Crippen LogP contribution in [0, 0.1) is 0 Å². The van der Waals surface area contributed by atoms with Gasteiger partial charge in [-0.15, -0.1) is 11.3 Å². The van der Waals surface area contributed by atoms with Crippen molar-refractivity contribution in [1.82, 2.24) is 10.3 Å². The Balaban J connectivity index is 1.89. The Labute approximate surface area is 114 Å². The van der Waals surface area contributed by atoms with Crippen molar-refractivity contribution < 1.29 is 9.59 Å². The van der Waals surface area contributed by atoms with Gasteiger partial charge < -0.3 is 10.6 Å². The fourth-order valence-electron chi connectivity index (χ4n) is 1.51. The van der Waals surface area contributed by atoms with Crippen LogP contribution in [0.15, 0.2) is 35.2 Å². The smallest absolute Gasteiger partial charge is 0.271 e. The Hall–Kier alpha value is -2.21. The molecule has 1 aromatic heterocycles. The van der Waals surface area contributed by atoms with Crippen LogP contribution >= 0.6 is 11.3 Å². The highest BCUT2D eigenvalue weighted by Gasteiger charge is 2.06. The lowest BCUT2D eigenvalue weighted by atomic mass is 10.2. The first-order chi connectivity index (χ1) is 9.15. The van der Waals surface area contributed by atoms with Crippen LogP contribution in [0.1, 0.15) is 23.0 Å². The molecule has 0 aliphatic heterocycles. The minimum absolute atomic E-state index is 0.107. The van der Waals surface area contributed by atoms with Gasteiger partial charge in [-0.05, 0) is 17.7 Å². The van der Waals surface area contributed by atoms with Crippen LogP contribution in [0.2, 0.25) is 0 Å². The first kappa shape index (κ1) is 13.2. The van der Waals surface area contributed by atoms with Crippen LogP contribution in [0.25, 0.3) is 0 Å². The molecule has 0 aliphatic rings. The van der Waals surface area contributed by atoms with E-state index in [4.69, 9.17) is 0 Å². The van der Waals surface area contributed by atoms with E-state index in [-0.39, 0.29) is 11.8 Å². The molecule has 98 valence electrons. The van der Waals surface area contributed by atoms with E-state index in [0.29, 0.717) is 12.2 Å². The average molecular weight is 275 g/mol. The van der Waals surface area contributed by atoms with E-state index in [1.807, 2.05) is 12.1 Å². The number of benzene rings is 1. The lowest BCUT2D eigenvalue weighted by Crippen LogP contribution is -2.22. The van der Waals surface area contributed by atoms with Gasteiger partial charge in [-0.25, -0.2) is 4.98 Å². The summed E-state index contributed by atoms with van der Waals surface area (Å²) in [7, 11) is 0. The zero-order chi connectivity index (χ0) is 13.7. The number of carbonyl (C=O) groups is 2. The monoisotopic (exact) mass is 275 g/mol. The molecule has 19 heavy (non-hydrogen) atoms. The number of rotatable bonds is 4. The summed E-state index contributed by atoms with van der Waals surface area (Å²) in [6.07, 6.45) is 0. The van der Waals surface area contributed by atoms with Crippen LogP contribution < -0.4 is 10.6 Å². The predicted octanol–water partition coefficient (Wildman–Crippen LogP) is 2.03. The fraction of sp³-hybridized carbons (Fsp3) is 0.154. The Morgan fingerprint density at radius 3 is 2.58 bits per heavy atom. The molecule has 0 aliphatic carbocycles. The lowest BCUT2D eigenvalue weighted by Gasteiger charge is -2.05. The molecule has 2 N–H and O–H groups in total. The first-order valence-electron chi connectivity index (χ1n) is 5.68. The van der Waals surface area contributed by atoms with Crippen LogP contribution in [-0.2, 0) is 11.3 Å². The third-order valence-electron chi connectivity index (χ3n) is 2.39. The number of carbonyl (C=O) groups excluding carboxylic acids is 2. The van der Waals surface area contributed by atoms with Crippen molar-refractivity contribution in [3.8, 4) is 0 Å². The van der Waals surface area contributed by atoms with E-state index < -0.39 is 0 Å². The van der Waals surface area contributed by atoms with E-state index in [1.54, 1.807) is 23.0 Å². The van der Waals surface area contributed by atoms with Crippen molar-refractivity contribution in [3.05, 3.63) is 46.4 Å². The van der Waals surface area contributed by atoms with Gasteiger partial charge in [0.25, 0.3) is 5.91 Å². The SMILES string of the molecule is CC(=O)Nc1ccc(CNC(=O)c2cscn2)cc1. The molecule has 2 amide bonds. The van der Waals surface area contributed by atoms with E-state index in [2.05, 4.69) is 15.6 Å². The number of nitrogens with one attached hydrogen (secondary N) is 2. The van der Waals surface area contributed by atoms with Gasteiger partial charge in [0.15, 0.2) is 0 Å². The second-order valence-electron chi connectivity index (χ2n) is 3.93. The Morgan fingerprint density at radius 1 is 1.26 bits per heavy atom. The molecule has 1 aromatic carbocycles. The molecule has 0 saturated heterocycles. The van der Waals surface area contributed by atoms with Gasteiger partial charge in [0.2, 0.25) is 5.91 Å². The minimum Gasteiger partial charge on any atom is -0.347 e. The normalized spacial score (nSPS) is 9.95. The molecule has 6 heteroatoms. The van der Waals surface area contributed by atoms with E-state index in [0.717, 1.165) is 11.3 Å². The van der Waals surface area contributed by atoms with Gasteiger partial charge >= 0.3 is 0 Å². The van der Waals surface area contributed by atoms with Gasteiger partial charge in [-0.2, -0.15) is 0 Å². The van der Waals surface area contributed by atoms with Crippen molar-refractivity contribution in [3.63, 3.8) is 0 Å². The lowest BCUT2D eigenvalue weighted by molar-refractivity contribution is -0.114. The molecular formula is C13H13N3O2S. The number of anilines is 1. The molecule has 0 fully saturated rings. The summed E-state index contributed by atoms with van der Waals surface area (Å²) in [5.74, 6) is -0.295. The number of hydrogen-bond acceptors (Lipinski definition) is 4. The van der Waals surface area contributed by atoms with E-state index in [1.165, 1.54) is 18.3 Å². The first-order valence-corrected chi connectivity index (χ1v) is 6.62. The van der Waals surface area contributed by atoms with Gasteiger partial charge in [0, 0.05) is 24.5 Å². The number of thiazole rings is 1. The summed E-state index contributed by atoms with van der Waals surface area (Å²) in [4.78, 5) is 26.5. The Bertz CT molecular complexity index is 564. The summed E-state index contributed by atoms with van der Waals surface area (Å²) < 4.78 is 0. The molecule has 0 saturated carbocycles. The molecule has 5 nitrogen and oxygen atoms in total. The third kappa shape index (κ3) is 3.89. The van der Waals surface area contributed by atoms with Gasteiger partial charge in [0.05, 0.1) is 5.51 Å². The maximum Gasteiger partial charge on any atom is 0.271 e. The van der Waals surface area contributed by atoms with Crippen LogP contribution in [0.4, 0.5) is 5.69 Å². The number of amides is 2. The highest BCUT2D eigenvalue weighted by atomic mass is 32.1. The molecule has 0 atom stereocenters. The summed E-state index contributed by atoms with van der Waals surface area (Å²) >= 11 is 1.39. The fourth-order valence-corrected chi connectivity index (χ4v) is 2.04.